The van der Waals surface area contributed by atoms with Crippen molar-refractivity contribution in [3.63, 3.8) is 0 Å². The third kappa shape index (κ3) is 2.97. The number of aromatic nitrogens is 1. The number of pyridine rings is 1. The van der Waals surface area contributed by atoms with E-state index in [0.29, 0.717) is 23.2 Å². The molecule has 1 aromatic heterocycles. The molecule has 3 nitrogen and oxygen atoms in total. The third-order valence-corrected chi connectivity index (χ3v) is 3.14. The first-order chi connectivity index (χ1) is 8.20. The Morgan fingerprint density at radius 3 is 2.82 bits per heavy atom. The molecule has 0 bridgehead atoms. The van der Waals surface area contributed by atoms with Crippen LogP contribution in [-0.4, -0.2) is 4.98 Å². The van der Waals surface area contributed by atoms with Crippen LogP contribution in [0.2, 0.25) is 5.02 Å². The minimum Gasteiger partial charge on any atom is -0.438 e. The van der Waals surface area contributed by atoms with Gasteiger partial charge in [-0.2, -0.15) is 0 Å². The Morgan fingerprint density at radius 1 is 1.35 bits per heavy atom. The molecule has 0 saturated heterocycles. The Balaban J connectivity index is 2.25. The number of nitrogens with zero attached hydrogens (tertiary/aromatic N) is 1. The summed E-state index contributed by atoms with van der Waals surface area (Å²) in [5, 5.41) is 0.594. The molecule has 88 valence electrons. The summed E-state index contributed by atoms with van der Waals surface area (Å²) in [5.41, 5.74) is 6.42. The average Bonchev–Trinajstić information content (AvgIpc) is 2.32. The number of halogens is 2. The van der Waals surface area contributed by atoms with Crippen LogP contribution in [-0.2, 0) is 6.54 Å². The number of nitrogens with two attached hydrogens (primary N) is 1. The fourth-order valence-electron chi connectivity index (χ4n) is 1.32. The van der Waals surface area contributed by atoms with Crippen molar-refractivity contribution in [1.29, 1.82) is 0 Å². The first-order valence-electron chi connectivity index (χ1n) is 4.97. The fourth-order valence-corrected chi connectivity index (χ4v) is 1.90. The van der Waals surface area contributed by atoms with Crippen molar-refractivity contribution < 1.29 is 4.74 Å². The van der Waals surface area contributed by atoms with E-state index in [1.54, 1.807) is 12.3 Å². The lowest BCUT2D eigenvalue weighted by Gasteiger charge is -2.08. The number of benzene rings is 1. The summed E-state index contributed by atoms with van der Waals surface area (Å²) in [4.78, 5) is 4.11. The topological polar surface area (TPSA) is 48.1 Å². The highest BCUT2D eigenvalue weighted by atomic mass is 79.9. The lowest BCUT2D eigenvalue weighted by molar-refractivity contribution is 0.459. The Labute approximate surface area is 113 Å². The SMILES string of the molecule is NCc1ccc(Oc2ncccc2Br)cc1Cl. The maximum atomic E-state index is 6.04. The second kappa shape index (κ2) is 5.49. The second-order valence-electron chi connectivity index (χ2n) is 3.35. The summed E-state index contributed by atoms with van der Waals surface area (Å²) in [6.45, 7) is 0.409. The molecular formula is C12H10BrClN2O. The zero-order valence-corrected chi connectivity index (χ0v) is 11.2. The van der Waals surface area contributed by atoms with Crippen LogP contribution in [0.15, 0.2) is 41.0 Å². The van der Waals surface area contributed by atoms with E-state index in [1.165, 1.54) is 0 Å². The van der Waals surface area contributed by atoms with Crippen molar-refractivity contribution in [1.82, 2.24) is 4.98 Å². The van der Waals surface area contributed by atoms with E-state index < -0.39 is 0 Å². The van der Waals surface area contributed by atoms with Gasteiger partial charge in [0.25, 0.3) is 0 Å². The minimum atomic E-state index is 0.409. The van der Waals surface area contributed by atoms with Gasteiger partial charge in [-0.3, -0.25) is 0 Å². The molecule has 17 heavy (non-hydrogen) atoms. The summed E-state index contributed by atoms with van der Waals surface area (Å²) >= 11 is 9.40. The second-order valence-corrected chi connectivity index (χ2v) is 4.61. The Hall–Kier alpha value is -1.10. The van der Waals surface area contributed by atoms with E-state index in [4.69, 9.17) is 22.1 Å². The predicted octanol–water partition coefficient (Wildman–Crippen LogP) is 3.75. The van der Waals surface area contributed by atoms with Crippen LogP contribution < -0.4 is 10.5 Å². The molecule has 1 heterocycles. The summed E-state index contributed by atoms with van der Waals surface area (Å²) in [5.74, 6) is 1.13. The number of hydrogen-bond acceptors (Lipinski definition) is 3. The highest BCUT2D eigenvalue weighted by Crippen LogP contribution is 2.29. The van der Waals surface area contributed by atoms with Crippen LogP contribution in [0.4, 0.5) is 0 Å². The molecule has 0 aliphatic carbocycles. The van der Waals surface area contributed by atoms with Crippen LogP contribution in [0.25, 0.3) is 0 Å². The first-order valence-corrected chi connectivity index (χ1v) is 6.14. The molecule has 0 unspecified atom stereocenters. The Kier molecular flexibility index (Phi) is 3.99. The van der Waals surface area contributed by atoms with Gasteiger partial charge in [-0.15, -0.1) is 0 Å². The van der Waals surface area contributed by atoms with E-state index in [-0.39, 0.29) is 0 Å². The van der Waals surface area contributed by atoms with Gasteiger partial charge in [0, 0.05) is 17.8 Å². The highest BCUT2D eigenvalue weighted by Gasteiger charge is 2.05. The van der Waals surface area contributed by atoms with E-state index >= 15 is 0 Å². The molecule has 0 atom stereocenters. The molecule has 1 aromatic carbocycles. The molecule has 0 fully saturated rings. The van der Waals surface area contributed by atoms with Gasteiger partial charge >= 0.3 is 0 Å². The largest absolute Gasteiger partial charge is 0.438 e. The predicted molar refractivity (Wildman–Crippen MR) is 71.4 cm³/mol. The molecule has 0 aliphatic rings. The quantitative estimate of drug-likeness (QED) is 0.939. The van der Waals surface area contributed by atoms with Gasteiger partial charge in [-0.25, -0.2) is 4.98 Å². The van der Waals surface area contributed by atoms with Crippen molar-refractivity contribution >= 4 is 27.5 Å². The molecule has 2 aromatic rings. The van der Waals surface area contributed by atoms with Crippen LogP contribution >= 0.6 is 27.5 Å². The monoisotopic (exact) mass is 312 g/mol. The van der Waals surface area contributed by atoms with Gasteiger partial charge in [-0.05, 0) is 45.8 Å². The van der Waals surface area contributed by atoms with Crippen molar-refractivity contribution in [2.45, 2.75) is 6.54 Å². The van der Waals surface area contributed by atoms with E-state index in [2.05, 4.69) is 20.9 Å². The number of hydrogen-bond donors (Lipinski definition) is 1. The van der Waals surface area contributed by atoms with Gasteiger partial charge < -0.3 is 10.5 Å². The number of rotatable bonds is 3. The van der Waals surface area contributed by atoms with Crippen molar-refractivity contribution in [2.24, 2.45) is 5.73 Å². The van der Waals surface area contributed by atoms with Crippen LogP contribution in [0, 0.1) is 0 Å². The van der Waals surface area contributed by atoms with Gasteiger partial charge in [0.15, 0.2) is 0 Å². The van der Waals surface area contributed by atoms with Gasteiger partial charge in [0.05, 0.1) is 4.47 Å². The maximum absolute atomic E-state index is 6.04. The molecule has 0 amide bonds. The molecule has 0 saturated carbocycles. The summed E-state index contributed by atoms with van der Waals surface area (Å²) < 4.78 is 6.40. The molecular weight excluding hydrogens is 304 g/mol. The van der Waals surface area contributed by atoms with Gasteiger partial charge in [0.1, 0.15) is 5.75 Å². The Bertz CT molecular complexity index is 534. The molecule has 0 spiro atoms. The summed E-state index contributed by atoms with van der Waals surface area (Å²) in [7, 11) is 0. The van der Waals surface area contributed by atoms with Gasteiger partial charge in [0.2, 0.25) is 5.88 Å². The van der Waals surface area contributed by atoms with E-state index in [1.807, 2.05) is 24.3 Å². The van der Waals surface area contributed by atoms with Crippen LogP contribution in [0.5, 0.6) is 11.6 Å². The lowest BCUT2D eigenvalue weighted by Crippen LogP contribution is -1.97. The van der Waals surface area contributed by atoms with Crippen molar-refractivity contribution in [3.05, 3.63) is 51.6 Å². The molecule has 0 aliphatic heterocycles. The van der Waals surface area contributed by atoms with Crippen molar-refractivity contribution in [3.8, 4) is 11.6 Å². The molecule has 2 N–H and O–H groups in total. The van der Waals surface area contributed by atoms with Crippen molar-refractivity contribution in [2.75, 3.05) is 0 Å². The van der Waals surface area contributed by atoms with E-state index in [9.17, 15) is 0 Å². The van der Waals surface area contributed by atoms with Gasteiger partial charge in [-0.1, -0.05) is 17.7 Å². The minimum absolute atomic E-state index is 0.409. The van der Waals surface area contributed by atoms with Crippen LogP contribution in [0.3, 0.4) is 0 Å². The lowest BCUT2D eigenvalue weighted by atomic mass is 10.2. The normalized spacial score (nSPS) is 10.3. The summed E-state index contributed by atoms with van der Waals surface area (Å²) in [6, 6.07) is 9.06. The highest BCUT2D eigenvalue weighted by molar-refractivity contribution is 9.10. The molecule has 0 radical (unpaired) electrons. The van der Waals surface area contributed by atoms with E-state index in [0.717, 1.165) is 10.0 Å². The average molecular weight is 314 g/mol. The molecule has 2 rings (SSSR count). The fraction of sp³-hybridized carbons (Fsp3) is 0.0833. The first kappa shape index (κ1) is 12.4. The van der Waals surface area contributed by atoms with Crippen LogP contribution in [0.1, 0.15) is 5.56 Å². The molecule has 5 heteroatoms. The number of ether oxygens (including phenoxy) is 1. The zero-order valence-electron chi connectivity index (χ0n) is 8.86. The zero-order chi connectivity index (χ0) is 12.3. The third-order valence-electron chi connectivity index (χ3n) is 2.18. The smallest absolute Gasteiger partial charge is 0.233 e. The Morgan fingerprint density at radius 2 is 2.18 bits per heavy atom. The summed E-state index contributed by atoms with van der Waals surface area (Å²) in [6.07, 6.45) is 1.66. The standard InChI is InChI=1S/C12H10BrClN2O/c13-10-2-1-5-16-12(10)17-9-4-3-8(7-15)11(14)6-9/h1-6H,7,15H2. The maximum Gasteiger partial charge on any atom is 0.233 e.